The summed E-state index contributed by atoms with van der Waals surface area (Å²) in [6, 6.07) is 18.8. The zero-order chi connectivity index (χ0) is 20.6. The second-order valence-electron chi connectivity index (χ2n) is 5.93. The maximum Gasteiger partial charge on any atom is 0.340 e. The molecule has 1 heterocycles. The number of nitrogens with zero attached hydrogens (tertiary/aromatic N) is 2. The van der Waals surface area contributed by atoms with Crippen LogP contribution in [0.25, 0.3) is 0 Å². The Hall–Kier alpha value is -4.18. The predicted octanol–water partition coefficient (Wildman–Crippen LogP) is 4.13. The first-order chi connectivity index (χ1) is 14.1. The SMILES string of the molecule is CCOC(=O)c1ccccc1Nc1cc(C(=O)Nc2ccccc2C#N)ccn1. The number of hydrogen-bond acceptors (Lipinski definition) is 6. The van der Waals surface area contributed by atoms with Gasteiger partial charge in [0, 0.05) is 11.8 Å². The van der Waals surface area contributed by atoms with Gasteiger partial charge in [0.05, 0.1) is 29.1 Å². The predicted molar refractivity (Wildman–Crippen MR) is 109 cm³/mol. The van der Waals surface area contributed by atoms with E-state index in [2.05, 4.69) is 15.6 Å². The Balaban J connectivity index is 1.81. The molecular formula is C22H18N4O3. The van der Waals surface area contributed by atoms with Gasteiger partial charge >= 0.3 is 5.97 Å². The minimum atomic E-state index is -0.447. The molecule has 0 saturated carbocycles. The van der Waals surface area contributed by atoms with Crippen molar-refractivity contribution in [3.05, 3.63) is 83.6 Å². The highest BCUT2D eigenvalue weighted by atomic mass is 16.5. The van der Waals surface area contributed by atoms with Crippen LogP contribution in [0.4, 0.5) is 17.2 Å². The number of nitriles is 1. The Morgan fingerprint density at radius 3 is 2.55 bits per heavy atom. The molecular weight excluding hydrogens is 368 g/mol. The summed E-state index contributed by atoms with van der Waals surface area (Å²) < 4.78 is 5.07. The number of carbonyl (C=O) groups is 2. The summed E-state index contributed by atoms with van der Waals surface area (Å²) in [4.78, 5) is 28.9. The molecule has 1 amide bonds. The van der Waals surface area contributed by atoms with Gasteiger partial charge in [-0.3, -0.25) is 4.79 Å². The van der Waals surface area contributed by atoms with E-state index in [0.29, 0.717) is 33.9 Å². The molecule has 1 aromatic heterocycles. The third-order valence-corrected chi connectivity index (χ3v) is 4.00. The van der Waals surface area contributed by atoms with Crippen LogP contribution < -0.4 is 10.6 Å². The molecule has 0 radical (unpaired) electrons. The first kappa shape index (κ1) is 19.6. The lowest BCUT2D eigenvalue weighted by Crippen LogP contribution is -2.13. The molecule has 3 rings (SSSR count). The van der Waals surface area contributed by atoms with E-state index in [1.54, 1.807) is 67.6 Å². The number of pyridine rings is 1. The number of carbonyl (C=O) groups excluding carboxylic acids is 2. The van der Waals surface area contributed by atoms with Crippen molar-refractivity contribution in [1.82, 2.24) is 4.98 Å². The average Bonchev–Trinajstić information content (AvgIpc) is 2.75. The quantitative estimate of drug-likeness (QED) is 0.618. The van der Waals surface area contributed by atoms with Crippen molar-refractivity contribution in [3.63, 3.8) is 0 Å². The topological polar surface area (TPSA) is 104 Å². The molecule has 7 nitrogen and oxygen atoms in total. The molecule has 0 aliphatic rings. The van der Waals surface area contributed by atoms with Gasteiger partial charge < -0.3 is 15.4 Å². The monoisotopic (exact) mass is 386 g/mol. The van der Waals surface area contributed by atoms with Crippen molar-refractivity contribution >= 4 is 29.1 Å². The minimum absolute atomic E-state index is 0.269. The maximum absolute atomic E-state index is 12.6. The Bertz CT molecular complexity index is 1090. The number of benzene rings is 2. The standard InChI is InChI=1S/C22H18N4O3/c1-2-29-22(28)17-8-4-6-10-19(17)25-20-13-15(11-12-24-20)21(27)26-18-9-5-3-7-16(18)14-23/h3-13H,2H2,1H3,(H,24,25)(H,26,27). The van der Waals surface area contributed by atoms with Gasteiger partial charge in [0.2, 0.25) is 0 Å². The highest BCUT2D eigenvalue weighted by Crippen LogP contribution is 2.22. The largest absolute Gasteiger partial charge is 0.462 e. The molecule has 0 bridgehead atoms. The van der Waals surface area contributed by atoms with E-state index in [1.165, 1.54) is 6.20 Å². The summed E-state index contributed by atoms with van der Waals surface area (Å²) in [7, 11) is 0. The van der Waals surface area contributed by atoms with Crippen molar-refractivity contribution in [1.29, 1.82) is 5.26 Å². The van der Waals surface area contributed by atoms with E-state index >= 15 is 0 Å². The molecule has 2 N–H and O–H groups in total. The fraction of sp³-hybridized carbons (Fsp3) is 0.0909. The molecule has 3 aromatic rings. The van der Waals surface area contributed by atoms with Crippen molar-refractivity contribution in [2.45, 2.75) is 6.92 Å². The van der Waals surface area contributed by atoms with Gasteiger partial charge in [0.15, 0.2) is 0 Å². The number of amides is 1. The van der Waals surface area contributed by atoms with E-state index < -0.39 is 5.97 Å². The van der Waals surface area contributed by atoms with Crippen LogP contribution in [0.3, 0.4) is 0 Å². The third kappa shape index (κ3) is 4.76. The lowest BCUT2D eigenvalue weighted by molar-refractivity contribution is 0.0527. The van der Waals surface area contributed by atoms with E-state index in [1.807, 2.05) is 6.07 Å². The van der Waals surface area contributed by atoms with Crippen LogP contribution in [-0.2, 0) is 4.74 Å². The maximum atomic E-state index is 12.6. The molecule has 0 atom stereocenters. The molecule has 2 aromatic carbocycles. The van der Waals surface area contributed by atoms with Gasteiger partial charge in [-0.25, -0.2) is 9.78 Å². The van der Waals surface area contributed by atoms with Crippen molar-refractivity contribution in [3.8, 4) is 6.07 Å². The zero-order valence-corrected chi connectivity index (χ0v) is 15.7. The molecule has 7 heteroatoms. The smallest absolute Gasteiger partial charge is 0.340 e. The van der Waals surface area contributed by atoms with Gasteiger partial charge in [-0.05, 0) is 43.3 Å². The first-order valence-electron chi connectivity index (χ1n) is 8.92. The number of aromatic nitrogens is 1. The second kappa shape index (κ2) is 9.15. The van der Waals surface area contributed by atoms with Gasteiger partial charge in [-0.1, -0.05) is 24.3 Å². The molecule has 0 fully saturated rings. The first-order valence-corrected chi connectivity index (χ1v) is 8.92. The molecule has 0 aliphatic carbocycles. The molecule has 144 valence electrons. The van der Waals surface area contributed by atoms with Crippen LogP contribution in [0.5, 0.6) is 0 Å². The van der Waals surface area contributed by atoms with Crippen LogP contribution in [0, 0.1) is 11.3 Å². The molecule has 0 aliphatic heterocycles. The van der Waals surface area contributed by atoms with Gasteiger partial charge in [0.1, 0.15) is 11.9 Å². The minimum Gasteiger partial charge on any atom is -0.462 e. The highest BCUT2D eigenvalue weighted by Gasteiger charge is 2.14. The number of esters is 1. The fourth-order valence-corrected chi connectivity index (χ4v) is 2.64. The Kier molecular flexibility index (Phi) is 6.18. The highest BCUT2D eigenvalue weighted by molar-refractivity contribution is 6.05. The van der Waals surface area contributed by atoms with Gasteiger partial charge in [-0.2, -0.15) is 5.26 Å². The summed E-state index contributed by atoms with van der Waals surface area (Å²) in [6.07, 6.45) is 1.49. The van der Waals surface area contributed by atoms with E-state index in [4.69, 9.17) is 10.00 Å². The number of hydrogen-bond donors (Lipinski definition) is 2. The molecule has 0 spiro atoms. The lowest BCUT2D eigenvalue weighted by Gasteiger charge is -2.12. The van der Waals surface area contributed by atoms with Crippen LogP contribution in [0.1, 0.15) is 33.2 Å². The number of rotatable bonds is 6. The lowest BCUT2D eigenvalue weighted by atomic mass is 10.1. The average molecular weight is 386 g/mol. The summed E-state index contributed by atoms with van der Waals surface area (Å²) in [5.41, 5.74) is 2.04. The second-order valence-corrected chi connectivity index (χ2v) is 5.93. The molecule has 29 heavy (non-hydrogen) atoms. The van der Waals surface area contributed by atoms with Crippen LogP contribution in [-0.4, -0.2) is 23.5 Å². The fourth-order valence-electron chi connectivity index (χ4n) is 2.64. The van der Waals surface area contributed by atoms with Crippen LogP contribution >= 0.6 is 0 Å². The van der Waals surface area contributed by atoms with Crippen LogP contribution in [0.15, 0.2) is 66.9 Å². The molecule has 0 unspecified atom stereocenters. The van der Waals surface area contributed by atoms with Gasteiger partial charge in [0.25, 0.3) is 5.91 Å². The van der Waals surface area contributed by atoms with E-state index in [-0.39, 0.29) is 12.5 Å². The summed E-state index contributed by atoms with van der Waals surface area (Å²) in [6.45, 7) is 2.01. The number of anilines is 3. The summed E-state index contributed by atoms with van der Waals surface area (Å²) >= 11 is 0. The van der Waals surface area contributed by atoms with Crippen molar-refractivity contribution < 1.29 is 14.3 Å². The molecule has 0 saturated heterocycles. The summed E-state index contributed by atoms with van der Waals surface area (Å²) in [5, 5.41) is 14.9. The number of ether oxygens (including phenoxy) is 1. The Labute approximate surface area is 168 Å². The normalized spacial score (nSPS) is 9.93. The zero-order valence-electron chi connectivity index (χ0n) is 15.7. The summed E-state index contributed by atoms with van der Waals surface area (Å²) in [5.74, 6) is -0.433. The van der Waals surface area contributed by atoms with Gasteiger partial charge in [-0.15, -0.1) is 0 Å². The third-order valence-electron chi connectivity index (χ3n) is 4.00. The van der Waals surface area contributed by atoms with Crippen molar-refractivity contribution in [2.75, 3.05) is 17.2 Å². The number of nitrogens with one attached hydrogen (secondary N) is 2. The number of para-hydroxylation sites is 2. The van der Waals surface area contributed by atoms with Crippen LogP contribution in [0.2, 0.25) is 0 Å². The Morgan fingerprint density at radius 1 is 1.07 bits per heavy atom. The van der Waals surface area contributed by atoms with E-state index in [0.717, 1.165) is 0 Å². The Morgan fingerprint density at radius 2 is 1.79 bits per heavy atom. The van der Waals surface area contributed by atoms with E-state index in [9.17, 15) is 9.59 Å². The van der Waals surface area contributed by atoms with Crippen molar-refractivity contribution in [2.24, 2.45) is 0 Å².